The van der Waals surface area contributed by atoms with Crippen LogP contribution in [0.2, 0.25) is 0 Å². The lowest BCUT2D eigenvalue weighted by molar-refractivity contribution is 0.206. The number of hydrogen-bond donors (Lipinski definition) is 0. The van der Waals surface area contributed by atoms with E-state index in [9.17, 15) is 4.39 Å². The van der Waals surface area contributed by atoms with Crippen molar-refractivity contribution >= 4 is 0 Å². The van der Waals surface area contributed by atoms with E-state index in [1.807, 2.05) is 7.05 Å². The standard InChI is InChI=1S/C10H19FN2/c1-12-5-8(10(11)7-12)6-13(2)9-3-4-9/h8-10H,3-7H2,1-2H3/t8-,10-/m1/s1. The maximum atomic E-state index is 13.4. The fraction of sp³-hybridized carbons (Fsp3) is 1.00. The van der Waals surface area contributed by atoms with Gasteiger partial charge in [-0.3, -0.25) is 0 Å². The molecule has 1 heterocycles. The summed E-state index contributed by atoms with van der Waals surface area (Å²) in [7, 11) is 4.13. The van der Waals surface area contributed by atoms with Gasteiger partial charge in [0.1, 0.15) is 6.17 Å². The minimum Gasteiger partial charge on any atom is -0.303 e. The summed E-state index contributed by atoms with van der Waals surface area (Å²) in [5.41, 5.74) is 0. The molecule has 0 radical (unpaired) electrons. The largest absolute Gasteiger partial charge is 0.303 e. The molecule has 0 spiro atoms. The van der Waals surface area contributed by atoms with Crippen molar-refractivity contribution in [3.63, 3.8) is 0 Å². The predicted molar refractivity (Wildman–Crippen MR) is 51.5 cm³/mol. The maximum absolute atomic E-state index is 13.4. The van der Waals surface area contributed by atoms with Crippen LogP contribution in [0, 0.1) is 5.92 Å². The second-order valence-corrected chi connectivity index (χ2v) is 4.67. The number of nitrogens with zero attached hydrogens (tertiary/aromatic N) is 2. The van der Waals surface area contributed by atoms with E-state index in [0.29, 0.717) is 6.54 Å². The molecule has 1 aliphatic heterocycles. The van der Waals surface area contributed by atoms with Crippen LogP contribution in [-0.2, 0) is 0 Å². The first-order valence-electron chi connectivity index (χ1n) is 5.19. The van der Waals surface area contributed by atoms with Gasteiger partial charge in [0, 0.05) is 31.6 Å². The highest BCUT2D eigenvalue weighted by Gasteiger charge is 2.34. The zero-order valence-electron chi connectivity index (χ0n) is 8.54. The molecule has 2 rings (SSSR count). The summed E-state index contributed by atoms with van der Waals surface area (Å²) in [6.45, 7) is 2.50. The van der Waals surface area contributed by atoms with Crippen LogP contribution in [0.3, 0.4) is 0 Å². The Kier molecular flexibility index (Phi) is 2.56. The zero-order valence-corrected chi connectivity index (χ0v) is 8.54. The minimum absolute atomic E-state index is 0.246. The maximum Gasteiger partial charge on any atom is 0.118 e. The molecule has 76 valence electrons. The first-order valence-corrected chi connectivity index (χ1v) is 5.19. The van der Waals surface area contributed by atoms with Gasteiger partial charge in [0.05, 0.1) is 0 Å². The Morgan fingerprint density at radius 1 is 1.38 bits per heavy atom. The van der Waals surface area contributed by atoms with Gasteiger partial charge in [-0.25, -0.2) is 4.39 Å². The summed E-state index contributed by atoms with van der Waals surface area (Å²) in [6, 6.07) is 0.762. The van der Waals surface area contributed by atoms with Gasteiger partial charge in [-0.1, -0.05) is 0 Å². The van der Waals surface area contributed by atoms with Crippen LogP contribution in [0.1, 0.15) is 12.8 Å². The summed E-state index contributed by atoms with van der Waals surface area (Å²) in [5, 5.41) is 0. The molecule has 0 aromatic carbocycles. The lowest BCUT2D eigenvalue weighted by atomic mass is 10.1. The summed E-state index contributed by atoms with van der Waals surface area (Å²) >= 11 is 0. The van der Waals surface area contributed by atoms with Crippen molar-refractivity contribution in [2.24, 2.45) is 5.92 Å². The van der Waals surface area contributed by atoms with Gasteiger partial charge in [-0.05, 0) is 26.9 Å². The van der Waals surface area contributed by atoms with E-state index in [1.54, 1.807) is 0 Å². The number of hydrogen-bond acceptors (Lipinski definition) is 2. The molecule has 2 nitrogen and oxygen atoms in total. The molecule has 1 saturated carbocycles. The van der Waals surface area contributed by atoms with Crippen molar-refractivity contribution in [2.45, 2.75) is 25.1 Å². The van der Waals surface area contributed by atoms with E-state index in [2.05, 4.69) is 16.8 Å². The third kappa shape index (κ3) is 2.20. The van der Waals surface area contributed by atoms with Gasteiger partial charge in [0.15, 0.2) is 0 Å². The number of alkyl halides is 1. The molecule has 2 fully saturated rings. The molecule has 0 amide bonds. The quantitative estimate of drug-likeness (QED) is 0.648. The predicted octanol–water partition coefficient (Wildman–Crippen LogP) is 0.980. The summed E-state index contributed by atoms with van der Waals surface area (Å²) in [5.74, 6) is 0.246. The molecule has 13 heavy (non-hydrogen) atoms. The number of likely N-dealkylation sites (tertiary alicyclic amines) is 1. The Morgan fingerprint density at radius 3 is 2.54 bits per heavy atom. The zero-order chi connectivity index (χ0) is 9.42. The molecule has 1 aliphatic carbocycles. The van der Waals surface area contributed by atoms with E-state index in [0.717, 1.165) is 19.1 Å². The number of halogens is 1. The molecule has 2 atom stereocenters. The van der Waals surface area contributed by atoms with Crippen LogP contribution in [0.4, 0.5) is 4.39 Å². The Balaban J connectivity index is 1.79. The van der Waals surface area contributed by atoms with E-state index >= 15 is 0 Å². The fourth-order valence-corrected chi connectivity index (χ4v) is 2.24. The summed E-state index contributed by atoms with van der Waals surface area (Å²) in [6.07, 6.45) is 2.03. The molecule has 0 aromatic heterocycles. The molecule has 0 N–H and O–H groups in total. The molecule has 2 aliphatic rings. The third-order valence-electron chi connectivity index (χ3n) is 3.24. The van der Waals surface area contributed by atoms with Gasteiger partial charge < -0.3 is 9.80 Å². The van der Waals surface area contributed by atoms with Crippen molar-refractivity contribution in [1.82, 2.24) is 9.80 Å². The van der Waals surface area contributed by atoms with E-state index < -0.39 is 6.17 Å². The highest BCUT2D eigenvalue weighted by Crippen LogP contribution is 2.28. The van der Waals surface area contributed by atoms with E-state index in [1.165, 1.54) is 12.8 Å². The first kappa shape index (κ1) is 9.41. The van der Waals surface area contributed by atoms with Crippen LogP contribution in [0.5, 0.6) is 0 Å². The third-order valence-corrected chi connectivity index (χ3v) is 3.24. The van der Waals surface area contributed by atoms with Gasteiger partial charge in [-0.2, -0.15) is 0 Å². The molecule has 1 saturated heterocycles. The lowest BCUT2D eigenvalue weighted by Gasteiger charge is -2.21. The van der Waals surface area contributed by atoms with Crippen LogP contribution >= 0.6 is 0 Å². The Bertz CT molecular complexity index is 182. The average Bonchev–Trinajstić information content (AvgIpc) is 2.81. The smallest absolute Gasteiger partial charge is 0.118 e. The molecule has 3 heteroatoms. The lowest BCUT2D eigenvalue weighted by Crippen LogP contribution is -2.32. The van der Waals surface area contributed by atoms with Gasteiger partial charge in [-0.15, -0.1) is 0 Å². The van der Waals surface area contributed by atoms with Crippen molar-refractivity contribution in [3.8, 4) is 0 Å². The summed E-state index contributed by atoms with van der Waals surface area (Å²) < 4.78 is 13.4. The Morgan fingerprint density at radius 2 is 2.08 bits per heavy atom. The molecular weight excluding hydrogens is 167 g/mol. The topological polar surface area (TPSA) is 6.48 Å². The number of rotatable bonds is 3. The minimum atomic E-state index is -0.605. The fourth-order valence-electron chi connectivity index (χ4n) is 2.24. The molecule has 0 aromatic rings. The van der Waals surface area contributed by atoms with Crippen molar-refractivity contribution in [2.75, 3.05) is 33.7 Å². The van der Waals surface area contributed by atoms with Gasteiger partial charge in [0.2, 0.25) is 0 Å². The average molecular weight is 186 g/mol. The molecule has 0 bridgehead atoms. The second kappa shape index (κ2) is 3.54. The van der Waals surface area contributed by atoms with Crippen molar-refractivity contribution < 1.29 is 4.39 Å². The van der Waals surface area contributed by atoms with Crippen LogP contribution in [0.15, 0.2) is 0 Å². The van der Waals surface area contributed by atoms with Crippen molar-refractivity contribution in [1.29, 1.82) is 0 Å². The van der Waals surface area contributed by atoms with E-state index in [4.69, 9.17) is 0 Å². The van der Waals surface area contributed by atoms with Gasteiger partial charge >= 0.3 is 0 Å². The summed E-state index contributed by atoms with van der Waals surface area (Å²) in [4.78, 5) is 4.42. The Hall–Kier alpha value is -0.150. The highest BCUT2D eigenvalue weighted by molar-refractivity contribution is 4.88. The van der Waals surface area contributed by atoms with Gasteiger partial charge in [0.25, 0.3) is 0 Å². The van der Waals surface area contributed by atoms with Crippen LogP contribution < -0.4 is 0 Å². The monoisotopic (exact) mass is 186 g/mol. The molecular formula is C10H19FN2. The second-order valence-electron chi connectivity index (χ2n) is 4.67. The van der Waals surface area contributed by atoms with Crippen molar-refractivity contribution in [3.05, 3.63) is 0 Å². The SMILES string of the molecule is CN1C[C@H](CN(C)C2CC2)[C@H](F)C1. The molecule has 0 unspecified atom stereocenters. The van der Waals surface area contributed by atoms with Crippen LogP contribution in [0.25, 0.3) is 0 Å². The normalized spacial score (nSPS) is 36.0. The van der Waals surface area contributed by atoms with Crippen LogP contribution in [-0.4, -0.2) is 55.7 Å². The Labute approximate surface area is 79.7 Å². The highest BCUT2D eigenvalue weighted by atomic mass is 19.1. The first-order chi connectivity index (χ1) is 6.16. The van der Waals surface area contributed by atoms with E-state index in [-0.39, 0.29) is 5.92 Å².